The topological polar surface area (TPSA) is 218 Å². The van der Waals surface area contributed by atoms with Gasteiger partial charge in [-0.3, -0.25) is 38.8 Å². The minimum atomic E-state index is -4.68. The third kappa shape index (κ3) is 13.7. The molecule has 9 rings (SSSR count). The summed E-state index contributed by atoms with van der Waals surface area (Å²) in [6, 6.07) is 28.4. The van der Waals surface area contributed by atoms with E-state index in [0.29, 0.717) is 101 Å². The Balaban J connectivity index is 0.752. The summed E-state index contributed by atoms with van der Waals surface area (Å²) >= 11 is 0. The first-order valence-electron chi connectivity index (χ1n) is 27.8. The molecule has 446 valence electrons. The van der Waals surface area contributed by atoms with E-state index in [4.69, 9.17) is 0 Å². The Morgan fingerprint density at radius 2 is 0.884 bits per heavy atom. The number of nitrogens with one attached hydrogen (secondary N) is 4. The van der Waals surface area contributed by atoms with Crippen molar-refractivity contribution in [1.29, 1.82) is 10.5 Å². The Morgan fingerprint density at radius 1 is 0.523 bits per heavy atom. The van der Waals surface area contributed by atoms with Crippen LogP contribution in [0.3, 0.4) is 0 Å². The number of amides is 8. The summed E-state index contributed by atoms with van der Waals surface area (Å²) in [4.78, 5) is 93.1. The van der Waals surface area contributed by atoms with Crippen molar-refractivity contribution in [1.82, 2.24) is 40.9 Å². The maximum Gasteiger partial charge on any atom is 0.416 e. The van der Waals surface area contributed by atoms with E-state index in [1.165, 1.54) is 62.4 Å². The highest BCUT2D eigenvalue weighted by Crippen LogP contribution is 2.39. The lowest BCUT2D eigenvalue weighted by molar-refractivity contribution is -0.138. The highest BCUT2D eigenvalue weighted by atomic mass is 19.4. The lowest BCUT2D eigenvalue weighted by Gasteiger charge is -2.36. The van der Waals surface area contributed by atoms with E-state index in [1.54, 1.807) is 58.3 Å². The van der Waals surface area contributed by atoms with Crippen molar-refractivity contribution in [3.63, 3.8) is 0 Å². The van der Waals surface area contributed by atoms with Gasteiger partial charge in [-0.25, -0.2) is 9.59 Å². The summed E-state index contributed by atoms with van der Waals surface area (Å²) in [5.74, 6) is -1.66. The molecule has 0 aromatic heterocycles. The molecule has 4 aliphatic heterocycles. The molecule has 4 N–H and O–H groups in total. The van der Waals surface area contributed by atoms with Crippen LogP contribution in [0, 0.1) is 22.7 Å². The summed E-state index contributed by atoms with van der Waals surface area (Å²) in [7, 11) is 0. The summed E-state index contributed by atoms with van der Waals surface area (Å²) in [5.41, 5.74) is 0.610. The molecule has 4 aliphatic rings. The predicted molar refractivity (Wildman–Crippen MR) is 304 cm³/mol. The van der Waals surface area contributed by atoms with Gasteiger partial charge in [0.1, 0.15) is 0 Å². The molecular formula is C62H60F6N12O6. The fourth-order valence-electron chi connectivity index (χ4n) is 11.1. The number of nitrogens with zero attached hydrogens (tertiary/aromatic N) is 8. The maximum atomic E-state index is 14.1. The first-order chi connectivity index (χ1) is 41.1. The third-order valence-electron chi connectivity index (χ3n) is 15.6. The second-order valence-corrected chi connectivity index (χ2v) is 21.0. The number of carbonyl (C=O) groups excluding carboxylic acids is 6. The number of anilines is 2. The van der Waals surface area contributed by atoms with Gasteiger partial charge in [-0.15, -0.1) is 0 Å². The first-order valence-corrected chi connectivity index (χ1v) is 27.8. The molecule has 0 bridgehead atoms. The molecule has 0 spiro atoms. The van der Waals surface area contributed by atoms with Crippen molar-refractivity contribution in [2.45, 2.75) is 51.1 Å². The zero-order valence-corrected chi connectivity index (χ0v) is 46.9. The highest BCUT2D eigenvalue weighted by Gasteiger charge is 2.40. The molecule has 86 heavy (non-hydrogen) atoms. The Bertz CT molecular complexity index is 3330. The van der Waals surface area contributed by atoms with E-state index < -0.39 is 59.4 Å². The van der Waals surface area contributed by atoms with Crippen molar-refractivity contribution in [2.75, 3.05) is 88.3 Å². The number of nitriles is 2. The van der Waals surface area contributed by atoms with Crippen molar-refractivity contribution in [3.8, 4) is 12.1 Å². The van der Waals surface area contributed by atoms with E-state index in [0.717, 1.165) is 34.1 Å². The Morgan fingerprint density at radius 3 is 1.22 bits per heavy atom. The molecule has 2 saturated heterocycles. The second-order valence-electron chi connectivity index (χ2n) is 21.0. The van der Waals surface area contributed by atoms with Gasteiger partial charge in [0.25, 0.3) is 23.6 Å². The number of hydrogen-bond donors (Lipinski definition) is 4. The van der Waals surface area contributed by atoms with E-state index in [-0.39, 0.29) is 69.9 Å². The van der Waals surface area contributed by atoms with Crippen LogP contribution in [0.4, 0.5) is 47.3 Å². The van der Waals surface area contributed by atoms with Crippen LogP contribution in [0.15, 0.2) is 144 Å². The van der Waals surface area contributed by atoms with Crippen LogP contribution in [0.25, 0.3) is 0 Å². The largest absolute Gasteiger partial charge is 0.416 e. The average molecular weight is 1180 g/mol. The summed E-state index contributed by atoms with van der Waals surface area (Å²) in [6.45, 7) is 8.06. The van der Waals surface area contributed by atoms with Crippen LogP contribution in [0.2, 0.25) is 0 Å². The number of alkyl halides is 6. The van der Waals surface area contributed by atoms with Crippen LogP contribution < -0.4 is 31.1 Å². The monoisotopic (exact) mass is 1180 g/mol. The Hall–Kier alpha value is -9.52. The zero-order valence-electron chi connectivity index (χ0n) is 46.9. The van der Waals surface area contributed by atoms with Crippen LogP contribution >= 0.6 is 0 Å². The molecule has 2 fully saturated rings. The van der Waals surface area contributed by atoms with Crippen LogP contribution in [0.5, 0.6) is 0 Å². The number of benzene rings is 5. The number of carbonyl (C=O) groups is 6. The quantitative estimate of drug-likeness (QED) is 0.0546. The van der Waals surface area contributed by atoms with Gasteiger partial charge in [0.05, 0.1) is 80.1 Å². The fraction of sp³-hybridized carbons (Fsp3) is 0.323. The van der Waals surface area contributed by atoms with Gasteiger partial charge >= 0.3 is 24.4 Å². The first kappa shape index (κ1) is 61.1. The number of hydrogen-bond acceptors (Lipinski definition) is 10. The van der Waals surface area contributed by atoms with Crippen LogP contribution in [-0.4, -0.2) is 134 Å². The Labute approximate surface area is 491 Å². The van der Waals surface area contributed by atoms with E-state index >= 15 is 0 Å². The van der Waals surface area contributed by atoms with Crippen molar-refractivity contribution in [2.24, 2.45) is 0 Å². The molecule has 8 amide bonds. The fourth-order valence-corrected chi connectivity index (χ4v) is 11.1. The van der Waals surface area contributed by atoms with E-state index in [9.17, 15) is 65.6 Å². The SMILES string of the molecule is CC1=C(C(=O)NCCCN2CCN(C(=O)c3ccccc3C(=O)N3CCN(CCCNC(=O)C4=C(C)N(c5cccc(C(F)(F)F)c5)C(=O)N[C@@H]4c4ccc(C#N)cc4)CC3)CC2)[C@@H](c2ccc(C#N)cc2)NC(=O)N1c1cccc(C(F)(F)F)c1. The number of rotatable bonds is 16. The van der Waals surface area contributed by atoms with Crippen molar-refractivity contribution in [3.05, 3.63) is 188 Å². The van der Waals surface area contributed by atoms with Gasteiger partial charge in [-0.1, -0.05) is 48.5 Å². The van der Waals surface area contributed by atoms with Crippen molar-refractivity contribution < 1.29 is 55.1 Å². The van der Waals surface area contributed by atoms with E-state index in [2.05, 4.69) is 31.1 Å². The lowest BCUT2D eigenvalue weighted by atomic mass is 9.93. The second kappa shape index (κ2) is 26.2. The summed E-state index contributed by atoms with van der Waals surface area (Å²) in [6.07, 6.45) is -8.36. The van der Waals surface area contributed by atoms with Gasteiger partial charge < -0.3 is 31.1 Å². The number of halogens is 6. The Kier molecular flexibility index (Phi) is 18.6. The molecule has 24 heteroatoms. The van der Waals surface area contributed by atoms with Gasteiger partial charge in [-0.2, -0.15) is 36.9 Å². The molecule has 0 aliphatic carbocycles. The molecular weight excluding hydrogens is 1120 g/mol. The van der Waals surface area contributed by atoms with E-state index in [1.807, 2.05) is 12.1 Å². The van der Waals surface area contributed by atoms with Crippen LogP contribution in [0.1, 0.15) is 92.9 Å². The van der Waals surface area contributed by atoms with Gasteiger partial charge in [0.2, 0.25) is 0 Å². The average Bonchev–Trinajstić information content (AvgIpc) is 1.01. The third-order valence-corrected chi connectivity index (χ3v) is 15.6. The minimum Gasteiger partial charge on any atom is -0.352 e. The lowest BCUT2D eigenvalue weighted by Crippen LogP contribution is -2.51. The molecule has 0 unspecified atom stereocenters. The van der Waals surface area contributed by atoms with Crippen LogP contribution in [-0.2, 0) is 21.9 Å². The molecule has 5 aromatic rings. The highest BCUT2D eigenvalue weighted by molar-refractivity contribution is 6.08. The number of urea groups is 2. The summed E-state index contributed by atoms with van der Waals surface area (Å²) in [5, 5.41) is 30.1. The van der Waals surface area contributed by atoms with Gasteiger partial charge in [0.15, 0.2) is 0 Å². The molecule has 5 aromatic carbocycles. The minimum absolute atomic E-state index is 0.0825. The molecule has 4 heterocycles. The maximum absolute atomic E-state index is 14.1. The molecule has 2 atom stereocenters. The molecule has 0 radical (unpaired) electrons. The standard InChI is InChI=1S/C62H60F6N12O6/c1-39-51(53(43-19-15-41(37-69)16-20-43)73-59(85)79(39)47-11-5-9-45(35-47)61(63,64)65)55(81)71-23-7-25-75-27-31-77(32-28-75)57(83)49-13-3-4-14-50(49)58(84)78-33-29-76(30-34-78)26-8-24-72-56(82)52-40(2)80(48-12-6-10-46(36-48)62(66,67)68)60(86)74-54(52)44-21-17-42(38-70)18-22-44/h3-6,9-22,35-36,53-54H,7-8,23-34H2,1-2H3,(H,71,81)(H,72,82)(H,73,85)(H,74,86)/t53-,54-/m1/s1. The van der Waals surface area contributed by atoms with Crippen molar-refractivity contribution >= 4 is 47.1 Å². The number of allylic oxidation sites excluding steroid dienone is 2. The molecule has 0 saturated carbocycles. The predicted octanol–water partition coefficient (Wildman–Crippen LogP) is 8.49. The van der Waals surface area contributed by atoms with Gasteiger partial charge in [-0.05, 0) is 124 Å². The van der Waals surface area contributed by atoms with Gasteiger partial charge in [0, 0.05) is 76.8 Å². The smallest absolute Gasteiger partial charge is 0.352 e. The number of piperazine rings is 2. The normalized spacial score (nSPS) is 18.0. The molecule has 18 nitrogen and oxygen atoms in total. The summed E-state index contributed by atoms with van der Waals surface area (Å²) < 4.78 is 82.3. The zero-order chi connectivity index (χ0) is 61.5.